The minimum atomic E-state index is 0.1000. The molecule has 108 valence electrons. The van der Waals surface area contributed by atoms with Gasteiger partial charge in [0, 0.05) is 28.6 Å². The number of nitrogens with zero attached hydrogens (tertiary/aromatic N) is 1. The van der Waals surface area contributed by atoms with Crippen LogP contribution in [-0.2, 0) is 4.79 Å². The first-order valence-electron chi connectivity index (χ1n) is 7.73. The van der Waals surface area contributed by atoms with Crippen molar-refractivity contribution in [1.82, 2.24) is 10.4 Å². The summed E-state index contributed by atoms with van der Waals surface area (Å²) < 4.78 is 0. The number of rotatable bonds is 3. The van der Waals surface area contributed by atoms with Crippen molar-refractivity contribution in [2.45, 2.75) is 25.7 Å². The van der Waals surface area contributed by atoms with Gasteiger partial charge >= 0.3 is 0 Å². The number of hydrogen-bond acceptors (Lipinski definition) is 2. The van der Waals surface area contributed by atoms with E-state index >= 15 is 0 Å². The summed E-state index contributed by atoms with van der Waals surface area (Å²) in [6.45, 7) is 0. The third-order valence-corrected chi connectivity index (χ3v) is 4.96. The van der Waals surface area contributed by atoms with Gasteiger partial charge in [0.25, 0.3) is 0 Å². The number of hydrogen-bond donors (Lipinski definition) is 2. The molecule has 2 fully saturated rings. The van der Waals surface area contributed by atoms with Crippen molar-refractivity contribution in [3.63, 3.8) is 0 Å². The predicted octanol–water partition coefficient (Wildman–Crippen LogP) is 3.05. The summed E-state index contributed by atoms with van der Waals surface area (Å²) in [6, 6.07) is 8.07. The Balaban J connectivity index is 1.41. The van der Waals surface area contributed by atoms with Crippen LogP contribution in [0.1, 0.15) is 31.2 Å². The highest BCUT2D eigenvalue weighted by Crippen LogP contribution is 2.55. The zero-order chi connectivity index (χ0) is 14.2. The van der Waals surface area contributed by atoms with E-state index in [9.17, 15) is 4.79 Å². The molecule has 0 bridgehead atoms. The quantitative estimate of drug-likeness (QED) is 0.659. The SMILES string of the molecule is O=C(NN=Cc1c[nH]c2ccccc12)C1C2CCCCC21. The van der Waals surface area contributed by atoms with Gasteiger partial charge in [0.15, 0.2) is 0 Å². The van der Waals surface area contributed by atoms with Gasteiger partial charge in [-0.2, -0.15) is 5.10 Å². The van der Waals surface area contributed by atoms with E-state index in [-0.39, 0.29) is 11.8 Å². The second-order valence-electron chi connectivity index (χ2n) is 6.16. The number of carbonyl (C=O) groups is 1. The summed E-state index contributed by atoms with van der Waals surface area (Å²) in [4.78, 5) is 15.3. The molecule has 0 aliphatic heterocycles. The standard InChI is InChI=1S/C17H19N3O/c21-17(16-13-6-1-2-7-14(13)16)20-19-10-11-9-18-15-8-4-3-5-12(11)15/h3-5,8-10,13-14,16,18H,1-2,6-7H2,(H,20,21). The van der Waals surface area contributed by atoms with Gasteiger partial charge in [0.1, 0.15) is 0 Å². The molecule has 2 aliphatic rings. The molecule has 4 rings (SSSR count). The van der Waals surface area contributed by atoms with Crippen LogP contribution in [0, 0.1) is 17.8 Å². The van der Waals surface area contributed by atoms with Crippen LogP contribution in [0.4, 0.5) is 0 Å². The summed E-state index contributed by atoms with van der Waals surface area (Å²) in [5.41, 5.74) is 4.80. The minimum Gasteiger partial charge on any atom is -0.361 e. The van der Waals surface area contributed by atoms with Crippen molar-refractivity contribution in [2.75, 3.05) is 0 Å². The van der Waals surface area contributed by atoms with Crippen molar-refractivity contribution in [3.8, 4) is 0 Å². The fraction of sp³-hybridized carbons (Fsp3) is 0.412. The Labute approximate surface area is 123 Å². The maximum absolute atomic E-state index is 12.1. The van der Waals surface area contributed by atoms with Crippen LogP contribution in [0.25, 0.3) is 10.9 Å². The number of benzene rings is 1. The van der Waals surface area contributed by atoms with E-state index in [1.165, 1.54) is 25.7 Å². The van der Waals surface area contributed by atoms with E-state index in [0.29, 0.717) is 11.8 Å². The Bertz CT molecular complexity index is 691. The molecule has 0 saturated heterocycles. The lowest BCUT2D eigenvalue weighted by atomic mass is 10.0. The van der Waals surface area contributed by atoms with Crippen LogP contribution >= 0.6 is 0 Å². The molecule has 2 saturated carbocycles. The van der Waals surface area contributed by atoms with Crippen molar-refractivity contribution in [2.24, 2.45) is 22.9 Å². The third-order valence-electron chi connectivity index (χ3n) is 4.96. The molecule has 2 aliphatic carbocycles. The molecule has 4 nitrogen and oxygen atoms in total. The van der Waals surface area contributed by atoms with Gasteiger partial charge in [0.05, 0.1) is 6.21 Å². The average Bonchev–Trinajstić information content (AvgIpc) is 3.12. The molecule has 2 atom stereocenters. The molecular weight excluding hydrogens is 262 g/mol. The number of aromatic nitrogens is 1. The molecule has 0 spiro atoms. The van der Waals surface area contributed by atoms with Gasteiger partial charge < -0.3 is 4.98 Å². The van der Waals surface area contributed by atoms with Crippen molar-refractivity contribution < 1.29 is 4.79 Å². The van der Waals surface area contributed by atoms with E-state index < -0.39 is 0 Å². The molecule has 1 aromatic heterocycles. The summed E-state index contributed by atoms with van der Waals surface area (Å²) in [5.74, 6) is 1.57. The van der Waals surface area contributed by atoms with E-state index in [4.69, 9.17) is 0 Å². The van der Waals surface area contributed by atoms with Gasteiger partial charge in [-0.15, -0.1) is 0 Å². The molecular formula is C17H19N3O. The Morgan fingerprint density at radius 2 is 2.00 bits per heavy atom. The fourth-order valence-corrected chi connectivity index (χ4v) is 3.82. The first-order chi connectivity index (χ1) is 10.3. The lowest BCUT2D eigenvalue weighted by Crippen LogP contribution is -2.20. The van der Waals surface area contributed by atoms with Crippen LogP contribution in [0.3, 0.4) is 0 Å². The van der Waals surface area contributed by atoms with Gasteiger partial charge in [-0.1, -0.05) is 31.0 Å². The van der Waals surface area contributed by atoms with Crippen LogP contribution in [0.15, 0.2) is 35.6 Å². The van der Waals surface area contributed by atoms with Crippen LogP contribution in [-0.4, -0.2) is 17.1 Å². The highest BCUT2D eigenvalue weighted by atomic mass is 16.2. The Hall–Kier alpha value is -2.10. The van der Waals surface area contributed by atoms with Crippen molar-refractivity contribution in [1.29, 1.82) is 0 Å². The van der Waals surface area contributed by atoms with Crippen molar-refractivity contribution in [3.05, 3.63) is 36.0 Å². The number of amides is 1. The number of nitrogens with one attached hydrogen (secondary N) is 2. The predicted molar refractivity (Wildman–Crippen MR) is 83.0 cm³/mol. The van der Waals surface area contributed by atoms with E-state index in [2.05, 4.69) is 15.5 Å². The molecule has 2 N–H and O–H groups in total. The summed E-state index contributed by atoms with van der Waals surface area (Å²) in [6.07, 6.45) is 8.64. The second-order valence-corrected chi connectivity index (χ2v) is 6.16. The lowest BCUT2D eigenvalue weighted by Gasteiger charge is -2.04. The Kier molecular flexibility index (Phi) is 3.02. The Morgan fingerprint density at radius 1 is 1.24 bits per heavy atom. The number of hydrazone groups is 1. The highest BCUT2D eigenvalue weighted by Gasteiger charge is 2.54. The molecule has 2 unspecified atom stereocenters. The number of fused-ring (bicyclic) bond motifs is 2. The van der Waals surface area contributed by atoms with E-state index in [1.54, 1.807) is 6.21 Å². The molecule has 21 heavy (non-hydrogen) atoms. The second kappa shape index (κ2) is 5.02. The van der Waals surface area contributed by atoms with Gasteiger partial charge in [0.2, 0.25) is 5.91 Å². The smallest absolute Gasteiger partial charge is 0.243 e. The van der Waals surface area contributed by atoms with E-state index in [1.807, 2.05) is 30.5 Å². The van der Waals surface area contributed by atoms with Crippen LogP contribution in [0.2, 0.25) is 0 Å². The molecule has 2 aromatic rings. The Morgan fingerprint density at radius 3 is 2.81 bits per heavy atom. The first-order valence-corrected chi connectivity index (χ1v) is 7.73. The number of para-hydroxylation sites is 1. The van der Waals surface area contributed by atoms with Gasteiger partial charge in [-0.25, -0.2) is 5.43 Å². The molecule has 1 amide bonds. The zero-order valence-electron chi connectivity index (χ0n) is 11.9. The summed E-state index contributed by atoms with van der Waals surface area (Å²) in [7, 11) is 0. The number of carbonyl (C=O) groups excluding carboxylic acids is 1. The van der Waals surface area contributed by atoms with Crippen molar-refractivity contribution >= 4 is 23.0 Å². The lowest BCUT2D eigenvalue weighted by molar-refractivity contribution is -0.122. The summed E-state index contributed by atoms with van der Waals surface area (Å²) in [5, 5.41) is 5.26. The van der Waals surface area contributed by atoms with Crippen LogP contribution < -0.4 is 5.43 Å². The number of H-pyrrole nitrogens is 1. The number of aromatic amines is 1. The first kappa shape index (κ1) is 12.6. The summed E-state index contributed by atoms with van der Waals surface area (Å²) >= 11 is 0. The average molecular weight is 281 g/mol. The monoisotopic (exact) mass is 281 g/mol. The normalized spacial score (nSPS) is 27.7. The van der Waals surface area contributed by atoms with E-state index in [0.717, 1.165) is 16.5 Å². The zero-order valence-corrected chi connectivity index (χ0v) is 11.9. The van der Waals surface area contributed by atoms with Gasteiger partial charge in [-0.05, 0) is 30.7 Å². The molecule has 1 heterocycles. The molecule has 1 aromatic carbocycles. The molecule has 4 heteroatoms. The maximum Gasteiger partial charge on any atom is 0.243 e. The highest BCUT2D eigenvalue weighted by molar-refractivity contribution is 5.99. The van der Waals surface area contributed by atoms with Crippen LogP contribution in [0.5, 0.6) is 0 Å². The fourth-order valence-electron chi connectivity index (χ4n) is 3.82. The largest absolute Gasteiger partial charge is 0.361 e. The minimum absolute atomic E-state index is 0.1000. The topological polar surface area (TPSA) is 57.2 Å². The molecule has 0 radical (unpaired) electrons. The third kappa shape index (κ3) is 2.24. The van der Waals surface area contributed by atoms with Gasteiger partial charge in [-0.3, -0.25) is 4.79 Å². The maximum atomic E-state index is 12.1.